The first-order valence-electron chi connectivity index (χ1n) is 9.25. The van der Waals surface area contributed by atoms with Crippen LogP contribution in [0, 0.1) is 0 Å². The van der Waals surface area contributed by atoms with Crippen LogP contribution in [-0.4, -0.2) is 70.2 Å². The van der Waals surface area contributed by atoms with Gasteiger partial charge in [-0.25, -0.2) is 0 Å². The lowest BCUT2D eigenvalue weighted by Crippen LogP contribution is -2.54. The number of aliphatic carboxylic acids is 1. The second-order valence-corrected chi connectivity index (χ2v) is 7.19. The van der Waals surface area contributed by atoms with E-state index >= 15 is 0 Å². The van der Waals surface area contributed by atoms with Gasteiger partial charge in [0.2, 0.25) is 17.7 Å². The molecule has 11 nitrogen and oxygen atoms in total. The third-order valence-corrected chi connectivity index (χ3v) is 4.69. The van der Waals surface area contributed by atoms with Gasteiger partial charge in [0.1, 0.15) is 12.1 Å². The van der Waals surface area contributed by atoms with E-state index in [0.717, 1.165) is 0 Å². The normalized spacial score (nSPS) is 28.6. The van der Waals surface area contributed by atoms with Crippen molar-refractivity contribution in [2.75, 3.05) is 6.54 Å². The predicted octanol–water partition coefficient (Wildman–Crippen LogP) is -1.65. The van der Waals surface area contributed by atoms with Crippen LogP contribution in [0.25, 0.3) is 0 Å². The monoisotopic (exact) mass is 411 g/mol. The van der Waals surface area contributed by atoms with E-state index in [1.54, 1.807) is 0 Å². The summed E-state index contributed by atoms with van der Waals surface area (Å²) in [7, 11) is 0. The van der Waals surface area contributed by atoms with Crippen molar-refractivity contribution in [3.8, 4) is 0 Å². The lowest BCUT2D eigenvalue weighted by atomic mass is 10.1. The van der Waals surface area contributed by atoms with E-state index in [0.29, 0.717) is 12.8 Å². The molecule has 0 aromatic heterocycles. The number of rotatable bonds is 3. The Morgan fingerprint density at radius 3 is 2.52 bits per heavy atom. The first-order valence-corrected chi connectivity index (χ1v) is 9.25. The number of hydrogen-bond donors (Lipinski definition) is 5. The summed E-state index contributed by atoms with van der Waals surface area (Å²) in [6.07, 6.45) is 0.117. The highest BCUT2D eigenvalue weighted by Gasteiger charge is 2.51. The van der Waals surface area contributed by atoms with Crippen LogP contribution in [0.4, 0.5) is 0 Å². The quantitative estimate of drug-likeness (QED) is 0.272. The van der Waals surface area contributed by atoms with Crippen molar-refractivity contribution >= 4 is 29.7 Å². The molecule has 2 fully saturated rings. The fourth-order valence-corrected chi connectivity index (χ4v) is 2.86. The Hall–Kier alpha value is -2.95. The van der Waals surface area contributed by atoms with Crippen molar-refractivity contribution in [1.82, 2.24) is 16.0 Å². The van der Waals surface area contributed by atoms with E-state index in [1.807, 2.05) is 0 Å². The van der Waals surface area contributed by atoms with Gasteiger partial charge in [-0.3, -0.25) is 24.0 Å². The molecule has 1 spiro atoms. The number of aliphatic hydroxyl groups excluding tert-OH is 1. The minimum absolute atomic E-state index is 0.326. The highest BCUT2D eigenvalue weighted by molar-refractivity contribution is 5.90. The molecule has 3 atom stereocenters. The van der Waals surface area contributed by atoms with E-state index in [2.05, 4.69) is 16.0 Å². The molecule has 0 aromatic rings. The number of aliphatic hydroxyl groups is 1. The largest absolute Gasteiger partial charge is 0.481 e. The maximum absolute atomic E-state index is 12.3. The molecule has 0 radical (unpaired) electrons. The molecule has 3 amide bonds. The lowest BCUT2D eigenvalue weighted by Gasteiger charge is -2.25. The topological polar surface area (TPSA) is 171 Å². The van der Waals surface area contributed by atoms with Crippen molar-refractivity contribution in [2.24, 2.45) is 0 Å². The van der Waals surface area contributed by atoms with Crippen LogP contribution in [0.5, 0.6) is 0 Å². The number of hydrogen-bond acceptors (Lipinski definition) is 7. The molecule has 2 aliphatic rings. The molecule has 0 aromatic carbocycles. The maximum Gasteiger partial charge on any atom is 0.309 e. The Balaban J connectivity index is 2.15. The SMILES string of the molecule is C[C@H]1NC(=O)CNC(=O)C[C@@H](/C=C/CC(=O)O)OC(=O)CC(O)C2(CC2)NC1=O. The number of ether oxygens (including phenoxy) is 1. The first-order chi connectivity index (χ1) is 13.6. The lowest BCUT2D eigenvalue weighted by molar-refractivity contribution is -0.151. The van der Waals surface area contributed by atoms with Gasteiger partial charge in [0.15, 0.2) is 0 Å². The van der Waals surface area contributed by atoms with Gasteiger partial charge in [-0.05, 0) is 25.8 Å². The van der Waals surface area contributed by atoms with Crippen LogP contribution in [0.15, 0.2) is 12.2 Å². The fraction of sp³-hybridized carbons (Fsp3) is 0.611. The summed E-state index contributed by atoms with van der Waals surface area (Å²) in [6, 6.07) is -0.896. The number of carboxylic acids is 1. The summed E-state index contributed by atoms with van der Waals surface area (Å²) >= 11 is 0. The minimum Gasteiger partial charge on any atom is -0.481 e. The third-order valence-electron chi connectivity index (χ3n) is 4.69. The molecule has 5 N–H and O–H groups in total. The van der Waals surface area contributed by atoms with Gasteiger partial charge in [0.25, 0.3) is 0 Å². The number of carboxylic acid groups (broad SMARTS) is 1. The zero-order chi connectivity index (χ0) is 21.6. The maximum atomic E-state index is 12.3. The first kappa shape index (κ1) is 22.3. The highest BCUT2D eigenvalue weighted by atomic mass is 16.5. The summed E-state index contributed by atoms with van der Waals surface area (Å²) in [5.41, 5.74) is -0.960. The van der Waals surface area contributed by atoms with E-state index in [9.17, 15) is 29.1 Å². The van der Waals surface area contributed by atoms with Gasteiger partial charge in [-0.2, -0.15) is 0 Å². The number of nitrogens with one attached hydrogen (secondary N) is 3. The molecular formula is C18H25N3O8. The number of amides is 3. The molecule has 2 rings (SSSR count). The highest BCUT2D eigenvalue weighted by Crippen LogP contribution is 2.40. The zero-order valence-corrected chi connectivity index (χ0v) is 16.0. The fourth-order valence-electron chi connectivity index (χ4n) is 2.86. The van der Waals surface area contributed by atoms with Crippen molar-refractivity contribution in [3.63, 3.8) is 0 Å². The predicted molar refractivity (Wildman–Crippen MR) is 97.2 cm³/mol. The molecule has 1 unspecified atom stereocenters. The van der Waals surface area contributed by atoms with Crippen molar-refractivity contribution < 1.29 is 38.9 Å². The van der Waals surface area contributed by atoms with Gasteiger partial charge in [0, 0.05) is 0 Å². The molecule has 1 aliphatic carbocycles. The molecule has 1 heterocycles. The Bertz CT molecular complexity index is 716. The van der Waals surface area contributed by atoms with E-state index in [1.165, 1.54) is 19.1 Å². The Morgan fingerprint density at radius 1 is 1.21 bits per heavy atom. The van der Waals surface area contributed by atoms with Crippen LogP contribution in [-0.2, 0) is 28.7 Å². The Morgan fingerprint density at radius 2 is 1.90 bits per heavy atom. The molecule has 1 saturated heterocycles. The van der Waals surface area contributed by atoms with Crippen LogP contribution in [0.3, 0.4) is 0 Å². The number of esters is 1. The van der Waals surface area contributed by atoms with Crippen LogP contribution < -0.4 is 16.0 Å². The van der Waals surface area contributed by atoms with Gasteiger partial charge in [-0.1, -0.05) is 6.08 Å². The van der Waals surface area contributed by atoms with Gasteiger partial charge in [-0.15, -0.1) is 0 Å². The number of cyclic esters (lactones) is 1. The standard InChI is InChI=1S/C18H25N3O8/c1-10-17(28)21-18(5-6-18)12(22)8-16(27)29-11(3-2-4-15(25)26)7-13(23)19-9-14(24)20-10/h2-3,10-12,22H,4-9H2,1H3,(H,19,23)(H,20,24)(H,21,28)(H,25,26)/b3-2+/t10-,11-,12?/m1/s1. The third kappa shape index (κ3) is 6.86. The summed E-state index contributed by atoms with van der Waals surface area (Å²) in [5.74, 6) is -3.60. The summed E-state index contributed by atoms with van der Waals surface area (Å²) in [5, 5.41) is 26.6. The average molecular weight is 411 g/mol. The second-order valence-electron chi connectivity index (χ2n) is 7.19. The Labute approximate surface area is 166 Å². The van der Waals surface area contributed by atoms with Gasteiger partial charge in [0.05, 0.1) is 37.5 Å². The molecule has 0 bridgehead atoms. The van der Waals surface area contributed by atoms with Gasteiger partial charge >= 0.3 is 11.9 Å². The van der Waals surface area contributed by atoms with E-state index in [4.69, 9.17) is 9.84 Å². The van der Waals surface area contributed by atoms with Crippen molar-refractivity contribution in [2.45, 2.75) is 62.8 Å². The molecule has 11 heteroatoms. The van der Waals surface area contributed by atoms with Crippen LogP contribution in [0.1, 0.15) is 39.0 Å². The van der Waals surface area contributed by atoms with Crippen LogP contribution >= 0.6 is 0 Å². The van der Waals surface area contributed by atoms with Crippen molar-refractivity contribution in [1.29, 1.82) is 0 Å². The molecule has 1 aliphatic heterocycles. The Kier molecular flexibility index (Phi) is 7.32. The summed E-state index contributed by atoms with van der Waals surface area (Å²) in [6.45, 7) is 1.08. The minimum atomic E-state index is -1.20. The summed E-state index contributed by atoms with van der Waals surface area (Å²) in [4.78, 5) is 59.1. The van der Waals surface area contributed by atoms with E-state index < -0.39 is 59.9 Å². The van der Waals surface area contributed by atoms with Crippen molar-refractivity contribution in [3.05, 3.63) is 12.2 Å². The zero-order valence-electron chi connectivity index (χ0n) is 16.0. The molecule has 29 heavy (non-hydrogen) atoms. The molecule has 1 saturated carbocycles. The van der Waals surface area contributed by atoms with E-state index in [-0.39, 0.29) is 19.4 Å². The number of carbonyl (C=O) groups is 5. The van der Waals surface area contributed by atoms with Crippen LogP contribution in [0.2, 0.25) is 0 Å². The average Bonchev–Trinajstić information content (AvgIpc) is 3.39. The molecular weight excluding hydrogens is 386 g/mol. The summed E-state index contributed by atoms with van der Waals surface area (Å²) < 4.78 is 5.19. The second kappa shape index (κ2) is 9.50. The number of carbonyl (C=O) groups excluding carboxylic acids is 4. The van der Waals surface area contributed by atoms with Gasteiger partial charge < -0.3 is 30.9 Å². The smallest absolute Gasteiger partial charge is 0.309 e. The molecule has 160 valence electrons.